The molecule has 0 heterocycles. The summed E-state index contributed by atoms with van der Waals surface area (Å²) >= 11 is 0. The van der Waals surface area contributed by atoms with E-state index in [1.807, 2.05) is 0 Å². The molecular formula is C62H49FN2. The minimum Gasteiger partial charge on any atom is -0.313 e. The predicted molar refractivity (Wildman–Crippen MR) is 272 cm³/mol. The van der Waals surface area contributed by atoms with E-state index in [0.29, 0.717) is 0 Å². The fourth-order valence-electron chi connectivity index (χ4n) is 10.2. The van der Waals surface area contributed by atoms with Crippen LogP contribution in [0.15, 0.2) is 212 Å². The first kappa shape index (κ1) is 40.1. The predicted octanol–water partition coefficient (Wildman–Crippen LogP) is 15.2. The largest absolute Gasteiger partial charge is 0.313 e. The fourth-order valence-corrected chi connectivity index (χ4v) is 10.2. The number of hydrogen-bond acceptors (Lipinski definition) is 2. The number of hydrogen-bond donors (Lipinski definition) is 0. The van der Waals surface area contributed by atoms with Gasteiger partial charge in [0.1, 0.15) is 5.82 Å². The SMILES string of the molecule is Cc1ccc(N(C2=c3ccccc3=C(c3cc(F)cc(-c4c5ccccc5c(N(c5ccc(C)cc5)c5ccc(C)cc5)c5ccccc45)c3)C3=CC=CCC32)c2ccc(C)cc2)cc1. The van der Waals surface area contributed by atoms with Gasteiger partial charge < -0.3 is 9.80 Å². The van der Waals surface area contributed by atoms with Crippen molar-refractivity contribution < 1.29 is 4.39 Å². The van der Waals surface area contributed by atoms with Crippen LogP contribution >= 0.6 is 0 Å². The Balaban J connectivity index is 1.18. The molecule has 0 saturated carbocycles. The highest BCUT2D eigenvalue weighted by Crippen LogP contribution is 2.49. The zero-order valence-corrected chi connectivity index (χ0v) is 37.2. The summed E-state index contributed by atoms with van der Waals surface area (Å²) in [5, 5.41) is 6.57. The Bertz CT molecular complexity index is 3340. The fraction of sp³-hybridized carbons (Fsp3) is 0.0968. The molecule has 0 radical (unpaired) electrons. The molecule has 0 aromatic heterocycles. The van der Waals surface area contributed by atoms with Gasteiger partial charge in [-0.25, -0.2) is 4.39 Å². The van der Waals surface area contributed by atoms with Crippen molar-refractivity contribution in [3.63, 3.8) is 0 Å². The molecule has 0 saturated heterocycles. The number of aryl methyl sites for hydroxylation is 4. The van der Waals surface area contributed by atoms with Crippen LogP contribution in [0.5, 0.6) is 0 Å². The molecule has 1 unspecified atom stereocenters. The van der Waals surface area contributed by atoms with E-state index in [-0.39, 0.29) is 11.7 Å². The summed E-state index contributed by atoms with van der Waals surface area (Å²) in [4.78, 5) is 4.83. The van der Waals surface area contributed by atoms with E-state index in [2.05, 4.69) is 232 Å². The molecule has 65 heavy (non-hydrogen) atoms. The van der Waals surface area contributed by atoms with Crippen LogP contribution in [0.25, 0.3) is 43.9 Å². The van der Waals surface area contributed by atoms with Crippen LogP contribution in [-0.4, -0.2) is 0 Å². The average molecular weight is 841 g/mol. The first-order valence-electron chi connectivity index (χ1n) is 22.6. The van der Waals surface area contributed by atoms with Gasteiger partial charge in [-0.3, -0.25) is 0 Å². The van der Waals surface area contributed by atoms with E-state index < -0.39 is 0 Å². The maximum atomic E-state index is 16.8. The molecule has 1 atom stereocenters. The Labute approximate surface area is 380 Å². The lowest BCUT2D eigenvalue weighted by molar-refractivity contribution is 0.628. The van der Waals surface area contributed by atoms with E-state index in [0.717, 1.165) is 89.1 Å². The van der Waals surface area contributed by atoms with Crippen LogP contribution in [0.3, 0.4) is 0 Å². The summed E-state index contributed by atoms with van der Waals surface area (Å²) < 4.78 is 16.8. The lowest BCUT2D eigenvalue weighted by Crippen LogP contribution is -2.42. The number of benzene rings is 9. The van der Waals surface area contributed by atoms with E-state index >= 15 is 4.39 Å². The van der Waals surface area contributed by atoms with Crippen LogP contribution in [-0.2, 0) is 0 Å². The Morgan fingerprint density at radius 3 is 1.38 bits per heavy atom. The highest BCUT2D eigenvalue weighted by molar-refractivity contribution is 6.22. The van der Waals surface area contributed by atoms with Crippen molar-refractivity contribution in [2.45, 2.75) is 34.1 Å². The molecule has 0 bridgehead atoms. The molecule has 2 aliphatic rings. The smallest absolute Gasteiger partial charge is 0.124 e. The zero-order valence-electron chi connectivity index (χ0n) is 37.2. The normalized spacial score (nSPS) is 14.3. The lowest BCUT2D eigenvalue weighted by atomic mass is 9.75. The van der Waals surface area contributed by atoms with Crippen molar-refractivity contribution in [3.05, 3.63) is 256 Å². The highest BCUT2D eigenvalue weighted by Gasteiger charge is 2.33. The maximum absolute atomic E-state index is 16.8. The molecule has 0 amide bonds. The number of halogens is 1. The number of nitrogens with zero attached hydrogens (tertiary/aromatic N) is 2. The van der Waals surface area contributed by atoms with Crippen molar-refractivity contribution in [2.75, 3.05) is 9.80 Å². The molecule has 0 aliphatic heterocycles. The molecule has 2 nitrogen and oxygen atoms in total. The number of fused-ring (bicyclic) bond motifs is 4. The van der Waals surface area contributed by atoms with Gasteiger partial charge in [-0.2, -0.15) is 0 Å². The van der Waals surface area contributed by atoms with Gasteiger partial charge in [-0.1, -0.05) is 162 Å². The Morgan fingerprint density at radius 1 is 0.446 bits per heavy atom. The molecule has 0 fully saturated rings. The molecular weight excluding hydrogens is 792 g/mol. The van der Waals surface area contributed by atoms with Crippen LogP contribution in [0.4, 0.5) is 32.8 Å². The van der Waals surface area contributed by atoms with Gasteiger partial charge in [0, 0.05) is 50.4 Å². The molecule has 0 spiro atoms. The first-order chi connectivity index (χ1) is 31.8. The Morgan fingerprint density at radius 2 is 0.877 bits per heavy atom. The second-order valence-corrected chi connectivity index (χ2v) is 17.7. The van der Waals surface area contributed by atoms with Gasteiger partial charge in [0.15, 0.2) is 0 Å². The zero-order chi connectivity index (χ0) is 44.2. The van der Waals surface area contributed by atoms with Crippen molar-refractivity contribution >= 4 is 61.3 Å². The van der Waals surface area contributed by atoms with Crippen LogP contribution < -0.4 is 20.2 Å². The van der Waals surface area contributed by atoms with E-state index in [4.69, 9.17) is 0 Å². The van der Waals surface area contributed by atoms with Crippen molar-refractivity contribution in [3.8, 4) is 11.1 Å². The third-order valence-corrected chi connectivity index (χ3v) is 13.3. The number of rotatable bonds is 8. The topological polar surface area (TPSA) is 6.48 Å². The molecule has 2 aliphatic carbocycles. The van der Waals surface area contributed by atoms with E-state index in [1.165, 1.54) is 33.5 Å². The third-order valence-electron chi connectivity index (χ3n) is 13.3. The second-order valence-electron chi connectivity index (χ2n) is 17.7. The van der Waals surface area contributed by atoms with Crippen LogP contribution in [0.1, 0.15) is 34.2 Å². The molecule has 3 heteroatoms. The van der Waals surface area contributed by atoms with Gasteiger partial charge in [-0.15, -0.1) is 0 Å². The second kappa shape index (κ2) is 16.4. The summed E-state index contributed by atoms with van der Waals surface area (Å²) in [6.45, 7) is 8.52. The Kier molecular flexibility index (Phi) is 10.1. The minimum atomic E-state index is -0.264. The summed E-state index contributed by atoms with van der Waals surface area (Å²) in [5.41, 5.74) is 16.5. The summed E-state index contributed by atoms with van der Waals surface area (Å²) in [5.74, 6) is -0.241. The molecule has 314 valence electrons. The van der Waals surface area contributed by atoms with E-state index in [9.17, 15) is 0 Å². The molecule has 11 rings (SSSR count). The lowest BCUT2D eigenvalue weighted by Gasteiger charge is -2.38. The average Bonchev–Trinajstić information content (AvgIpc) is 3.33. The first-order valence-corrected chi connectivity index (χ1v) is 22.6. The number of anilines is 5. The monoisotopic (exact) mass is 840 g/mol. The van der Waals surface area contributed by atoms with Crippen LogP contribution in [0, 0.1) is 39.4 Å². The highest BCUT2D eigenvalue weighted by atomic mass is 19.1. The van der Waals surface area contributed by atoms with Crippen molar-refractivity contribution in [1.82, 2.24) is 0 Å². The van der Waals surface area contributed by atoms with Gasteiger partial charge >= 0.3 is 0 Å². The minimum absolute atomic E-state index is 0.0229. The van der Waals surface area contributed by atoms with Gasteiger partial charge in [0.05, 0.1) is 5.69 Å². The standard InChI is InChI=1S/C62H49FN2/c1-40-21-29-47(30-22-40)64(48-31-23-41(2)24-32-48)61-55-17-9-5-13-51(55)59(52-14-6-10-18-56(52)61)44-37-45(39-46(63)38-44)60-53-15-7-11-19-57(53)62(58-20-12-8-16-54(58)60)65(49-33-25-42(3)26-34-49)50-35-27-43(4)28-36-50/h5-19,21-39,58H,20H2,1-4H3. The summed E-state index contributed by atoms with van der Waals surface area (Å²) in [7, 11) is 0. The van der Waals surface area contributed by atoms with Crippen molar-refractivity contribution in [2.24, 2.45) is 5.92 Å². The number of allylic oxidation sites excluding steroid dienone is 3. The van der Waals surface area contributed by atoms with Crippen LogP contribution in [0.2, 0.25) is 0 Å². The molecule has 0 N–H and O–H groups in total. The van der Waals surface area contributed by atoms with Crippen molar-refractivity contribution in [1.29, 1.82) is 0 Å². The quantitative estimate of drug-likeness (QED) is 0.141. The summed E-state index contributed by atoms with van der Waals surface area (Å²) in [6, 6.07) is 66.9. The van der Waals surface area contributed by atoms with Gasteiger partial charge in [0.25, 0.3) is 0 Å². The third kappa shape index (κ3) is 7.14. The maximum Gasteiger partial charge on any atom is 0.124 e. The molecule has 9 aromatic rings. The van der Waals surface area contributed by atoms with Gasteiger partial charge in [0.2, 0.25) is 0 Å². The Hall–Kier alpha value is -7.75. The van der Waals surface area contributed by atoms with E-state index in [1.54, 1.807) is 12.1 Å². The van der Waals surface area contributed by atoms with Gasteiger partial charge in [-0.05, 0) is 145 Å². The summed E-state index contributed by atoms with van der Waals surface area (Å²) in [6.07, 6.45) is 7.53. The molecule has 9 aromatic carbocycles.